The van der Waals surface area contributed by atoms with Crippen LogP contribution in [0.1, 0.15) is 18.4 Å². The van der Waals surface area contributed by atoms with Gasteiger partial charge < -0.3 is 9.64 Å². The van der Waals surface area contributed by atoms with Gasteiger partial charge in [0.1, 0.15) is 0 Å². The molecule has 1 saturated heterocycles. The molecule has 0 spiro atoms. The molecule has 134 valence electrons. The summed E-state index contributed by atoms with van der Waals surface area (Å²) >= 11 is 7.02. The molecule has 0 bridgehead atoms. The first kappa shape index (κ1) is 17.8. The van der Waals surface area contributed by atoms with Gasteiger partial charge in [0.05, 0.1) is 20.5 Å². The summed E-state index contributed by atoms with van der Waals surface area (Å²) in [5.41, 5.74) is 4.05. The summed E-state index contributed by atoms with van der Waals surface area (Å²) in [5.74, 6) is 0. The van der Waals surface area contributed by atoms with Gasteiger partial charge in [0.2, 0.25) is 0 Å². The van der Waals surface area contributed by atoms with Gasteiger partial charge in [-0.25, -0.2) is 0 Å². The Balaban J connectivity index is 1.74. The number of ether oxygens (including phenoxy) is 1. The minimum Gasteiger partial charge on any atom is -0.378 e. The van der Waals surface area contributed by atoms with Crippen LogP contribution in [-0.4, -0.2) is 31.2 Å². The zero-order valence-electron chi connectivity index (χ0n) is 14.8. The van der Waals surface area contributed by atoms with E-state index in [1.807, 2.05) is 0 Å². The number of nitrogens with zero attached hydrogens (tertiary/aromatic N) is 1. The van der Waals surface area contributed by atoms with Crippen molar-refractivity contribution in [1.29, 1.82) is 0 Å². The minimum atomic E-state index is -0.814. The van der Waals surface area contributed by atoms with Crippen LogP contribution in [0.2, 0.25) is 0 Å². The van der Waals surface area contributed by atoms with Crippen LogP contribution < -0.4 is 5.30 Å². The fraction of sp³-hybridized carbons (Fsp3) is 0.273. The van der Waals surface area contributed by atoms with E-state index in [4.69, 9.17) is 16.0 Å². The van der Waals surface area contributed by atoms with E-state index in [0.29, 0.717) is 0 Å². The molecular weight excluding hydrogens is 361 g/mol. The Kier molecular flexibility index (Phi) is 5.75. The Morgan fingerprint density at radius 3 is 2.23 bits per heavy atom. The van der Waals surface area contributed by atoms with E-state index in [9.17, 15) is 0 Å². The van der Waals surface area contributed by atoms with Crippen molar-refractivity contribution < 1.29 is 4.74 Å². The zero-order chi connectivity index (χ0) is 17.8. The van der Waals surface area contributed by atoms with Crippen LogP contribution >= 0.6 is 18.5 Å². The number of morpholine rings is 1. The van der Waals surface area contributed by atoms with Gasteiger partial charge in [-0.2, -0.15) is 0 Å². The number of hydrogen-bond donors (Lipinski definition) is 0. The van der Waals surface area contributed by atoms with Gasteiger partial charge in [0.15, 0.2) is 0 Å². The number of rotatable bonds is 4. The van der Waals surface area contributed by atoms with E-state index in [2.05, 4.69) is 71.6 Å². The quantitative estimate of drug-likeness (QED) is 0.658. The molecule has 26 heavy (non-hydrogen) atoms. The monoisotopic (exact) mass is 383 g/mol. The summed E-state index contributed by atoms with van der Waals surface area (Å²) in [6, 6.07) is 21.1. The third kappa shape index (κ3) is 3.88. The Bertz CT molecular complexity index is 797. The molecule has 0 N–H and O–H groups in total. The van der Waals surface area contributed by atoms with Crippen molar-refractivity contribution in [3.05, 3.63) is 82.8 Å². The third-order valence-corrected chi connectivity index (χ3v) is 7.75. The van der Waals surface area contributed by atoms with Crippen molar-refractivity contribution in [2.45, 2.75) is 12.8 Å². The van der Waals surface area contributed by atoms with Crippen molar-refractivity contribution in [2.24, 2.45) is 0 Å². The van der Waals surface area contributed by atoms with Crippen molar-refractivity contribution in [2.75, 3.05) is 26.3 Å². The highest BCUT2D eigenvalue weighted by molar-refractivity contribution is 7.93. The molecule has 2 nitrogen and oxygen atoms in total. The Labute approximate surface area is 161 Å². The predicted octanol–water partition coefficient (Wildman–Crippen LogP) is 5.37. The van der Waals surface area contributed by atoms with Crippen LogP contribution in [0.3, 0.4) is 0 Å². The Morgan fingerprint density at radius 2 is 1.54 bits per heavy atom. The highest BCUT2D eigenvalue weighted by Crippen LogP contribution is 2.57. The molecule has 2 aliphatic rings. The summed E-state index contributed by atoms with van der Waals surface area (Å²) in [4.78, 5) is 2.49. The molecule has 2 aromatic carbocycles. The largest absolute Gasteiger partial charge is 0.378 e. The molecule has 4 heteroatoms. The van der Waals surface area contributed by atoms with Gasteiger partial charge in [-0.05, 0) is 40.7 Å². The fourth-order valence-electron chi connectivity index (χ4n) is 3.64. The zero-order valence-corrected chi connectivity index (χ0v) is 16.4. The van der Waals surface area contributed by atoms with Gasteiger partial charge in [0.25, 0.3) is 0 Å². The smallest absolute Gasteiger partial charge is 0.0642 e. The third-order valence-electron chi connectivity index (χ3n) is 4.90. The lowest BCUT2D eigenvalue weighted by Gasteiger charge is -2.32. The lowest BCUT2D eigenvalue weighted by Crippen LogP contribution is -2.36. The van der Waals surface area contributed by atoms with Gasteiger partial charge >= 0.3 is 0 Å². The second kappa shape index (κ2) is 8.39. The average molecular weight is 384 g/mol. The van der Waals surface area contributed by atoms with Crippen LogP contribution in [0.15, 0.2) is 77.2 Å². The Morgan fingerprint density at radius 1 is 0.885 bits per heavy atom. The number of benzene rings is 2. The van der Waals surface area contributed by atoms with Gasteiger partial charge in [-0.3, -0.25) is 0 Å². The summed E-state index contributed by atoms with van der Waals surface area (Å²) < 4.78 is 5.58. The van der Waals surface area contributed by atoms with Crippen molar-refractivity contribution in [3.8, 4) is 0 Å². The normalized spacial score (nSPS) is 20.7. The molecule has 1 atom stereocenters. The maximum Gasteiger partial charge on any atom is 0.0642 e. The number of allylic oxidation sites excluding steroid dienone is 2. The summed E-state index contributed by atoms with van der Waals surface area (Å²) in [7, 11) is -0.814. The topological polar surface area (TPSA) is 12.5 Å². The molecule has 1 heterocycles. The average Bonchev–Trinajstić information content (AvgIpc) is 3.13. The van der Waals surface area contributed by atoms with Crippen LogP contribution in [-0.2, 0) is 4.74 Å². The standard InChI is InChI=1S/C22H23ClNOP/c23-26(20-9-5-2-6-10-20)21-12-11-19(17-18-7-3-1-4-8-18)22(21)24-13-15-25-16-14-24/h1-10,17H,11-16H2/b19-17+. The van der Waals surface area contributed by atoms with E-state index >= 15 is 0 Å². The van der Waals surface area contributed by atoms with Crippen molar-refractivity contribution >= 4 is 29.9 Å². The van der Waals surface area contributed by atoms with E-state index in [-0.39, 0.29) is 0 Å². The first-order chi connectivity index (χ1) is 12.8. The van der Waals surface area contributed by atoms with E-state index in [1.165, 1.54) is 27.5 Å². The van der Waals surface area contributed by atoms with Crippen LogP contribution in [0, 0.1) is 0 Å². The molecule has 2 aromatic rings. The summed E-state index contributed by atoms with van der Waals surface area (Å²) in [6.45, 7) is 3.47. The molecule has 1 unspecified atom stereocenters. The molecule has 0 saturated carbocycles. The number of halogens is 1. The minimum absolute atomic E-state index is 0.793. The maximum atomic E-state index is 7.02. The van der Waals surface area contributed by atoms with Crippen LogP contribution in [0.4, 0.5) is 0 Å². The molecule has 1 aliphatic heterocycles. The van der Waals surface area contributed by atoms with E-state index in [1.54, 1.807) is 0 Å². The van der Waals surface area contributed by atoms with E-state index in [0.717, 1.165) is 39.1 Å². The SMILES string of the molecule is ClP(C1=C(N2CCOCC2)/C(=C/c2ccccc2)CC1)c1ccccc1. The molecule has 1 aliphatic carbocycles. The molecule has 1 fully saturated rings. The highest BCUT2D eigenvalue weighted by Gasteiger charge is 2.30. The molecular formula is C22H23ClNOP. The van der Waals surface area contributed by atoms with Crippen LogP contribution in [0.5, 0.6) is 0 Å². The number of hydrogen-bond acceptors (Lipinski definition) is 2. The predicted molar refractivity (Wildman–Crippen MR) is 112 cm³/mol. The van der Waals surface area contributed by atoms with Crippen molar-refractivity contribution in [1.82, 2.24) is 4.90 Å². The Hall–Kier alpha value is -1.60. The molecule has 0 amide bonds. The molecule has 0 radical (unpaired) electrons. The lowest BCUT2D eigenvalue weighted by molar-refractivity contribution is 0.0549. The van der Waals surface area contributed by atoms with Gasteiger partial charge in [0, 0.05) is 18.8 Å². The highest BCUT2D eigenvalue weighted by atomic mass is 35.7. The summed E-state index contributed by atoms with van der Waals surface area (Å²) in [5, 5.41) is 2.66. The second-order valence-electron chi connectivity index (χ2n) is 6.59. The maximum absolute atomic E-state index is 7.02. The summed E-state index contributed by atoms with van der Waals surface area (Å²) in [6.07, 6.45) is 4.45. The van der Waals surface area contributed by atoms with Crippen LogP contribution in [0.25, 0.3) is 6.08 Å². The first-order valence-corrected chi connectivity index (χ1v) is 11.4. The molecule has 4 rings (SSSR count). The van der Waals surface area contributed by atoms with Gasteiger partial charge in [-0.15, -0.1) is 0 Å². The van der Waals surface area contributed by atoms with Gasteiger partial charge in [-0.1, -0.05) is 71.9 Å². The lowest BCUT2D eigenvalue weighted by atomic mass is 10.1. The fourth-order valence-corrected chi connectivity index (χ4v) is 6.00. The van der Waals surface area contributed by atoms with Crippen molar-refractivity contribution in [3.63, 3.8) is 0 Å². The second-order valence-corrected chi connectivity index (χ2v) is 9.22. The first-order valence-electron chi connectivity index (χ1n) is 9.16. The van der Waals surface area contributed by atoms with E-state index < -0.39 is 7.27 Å². The molecule has 0 aromatic heterocycles.